The maximum Gasteiger partial charge on any atom is 0.248 e. The van der Waals surface area contributed by atoms with Crippen molar-refractivity contribution in [1.29, 1.82) is 5.26 Å². The van der Waals surface area contributed by atoms with Crippen LogP contribution in [0.4, 0.5) is 5.69 Å². The van der Waals surface area contributed by atoms with Crippen molar-refractivity contribution in [3.63, 3.8) is 0 Å². The molecule has 0 radical (unpaired) electrons. The standard InChI is InChI=1S/C15H13N3O2/c16-8-11-3-6-14(13(17)7-11)20-9-10-1-4-12(5-2-10)15(18)19/h1-7H,9,17H2,(H2,18,19). The summed E-state index contributed by atoms with van der Waals surface area (Å²) in [5.41, 5.74) is 13.2. The lowest BCUT2D eigenvalue weighted by Crippen LogP contribution is -2.10. The number of carbonyl (C=O) groups excluding carboxylic acids is 1. The van der Waals surface area contributed by atoms with Crippen LogP contribution in [-0.2, 0) is 6.61 Å². The molecule has 0 fully saturated rings. The minimum Gasteiger partial charge on any atom is -0.487 e. The fraction of sp³-hybridized carbons (Fsp3) is 0.0667. The molecule has 0 bridgehead atoms. The molecule has 0 aliphatic heterocycles. The van der Waals surface area contributed by atoms with E-state index in [4.69, 9.17) is 21.5 Å². The first-order valence-electron chi connectivity index (χ1n) is 5.91. The predicted molar refractivity (Wildman–Crippen MR) is 74.9 cm³/mol. The Morgan fingerprint density at radius 2 is 1.90 bits per heavy atom. The van der Waals surface area contributed by atoms with Gasteiger partial charge in [0.15, 0.2) is 0 Å². The number of primary amides is 1. The van der Waals surface area contributed by atoms with Crippen LogP contribution in [0.2, 0.25) is 0 Å². The maximum absolute atomic E-state index is 10.9. The number of nitrogen functional groups attached to an aromatic ring is 1. The molecule has 20 heavy (non-hydrogen) atoms. The third kappa shape index (κ3) is 3.06. The van der Waals surface area contributed by atoms with Crippen LogP contribution in [0.3, 0.4) is 0 Å². The number of benzene rings is 2. The van der Waals surface area contributed by atoms with Crippen molar-refractivity contribution >= 4 is 11.6 Å². The van der Waals surface area contributed by atoms with Crippen molar-refractivity contribution in [1.82, 2.24) is 0 Å². The molecular formula is C15H13N3O2. The minimum absolute atomic E-state index is 0.315. The highest BCUT2D eigenvalue weighted by molar-refractivity contribution is 5.92. The molecule has 0 saturated carbocycles. The molecule has 5 nitrogen and oxygen atoms in total. The van der Waals surface area contributed by atoms with Crippen molar-refractivity contribution in [2.75, 3.05) is 5.73 Å². The molecule has 0 unspecified atom stereocenters. The van der Waals surface area contributed by atoms with Crippen molar-refractivity contribution < 1.29 is 9.53 Å². The van der Waals surface area contributed by atoms with E-state index in [9.17, 15) is 4.79 Å². The predicted octanol–water partition coefficient (Wildman–Crippen LogP) is 1.82. The fourth-order valence-electron chi connectivity index (χ4n) is 1.68. The zero-order valence-corrected chi connectivity index (χ0v) is 10.7. The number of anilines is 1. The van der Waals surface area contributed by atoms with Gasteiger partial charge in [-0.15, -0.1) is 0 Å². The summed E-state index contributed by atoms with van der Waals surface area (Å²) in [6, 6.07) is 13.7. The van der Waals surface area contributed by atoms with Crippen molar-refractivity contribution in [2.24, 2.45) is 5.73 Å². The monoisotopic (exact) mass is 267 g/mol. The lowest BCUT2D eigenvalue weighted by Gasteiger charge is -2.09. The summed E-state index contributed by atoms with van der Waals surface area (Å²) in [6.07, 6.45) is 0. The second-order valence-electron chi connectivity index (χ2n) is 4.21. The van der Waals surface area contributed by atoms with Gasteiger partial charge in [-0.25, -0.2) is 0 Å². The van der Waals surface area contributed by atoms with Crippen LogP contribution in [0.5, 0.6) is 5.75 Å². The van der Waals surface area contributed by atoms with Gasteiger partial charge in [-0.3, -0.25) is 4.79 Å². The molecule has 0 spiro atoms. The van der Waals surface area contributed by atoms with E-state index in [1.165, 1.54) is 0 Å². The van der Waals surface area contributed by atoms with Gasteiger partial charge < -0.3 is 16.2 Å². The van der Waals surface area contributed by atoms with Crippen LogP contribution in [-0.4, -0.2) is 5.91 Å². The molecule has 0 aromatic heterocycles. The van der Waals surface area contributed by atoms with Gasteiger partial charge in [0.2, 0.25) is 5.91 Å². The van der Waals surface area contributed by atoms with Gasteiger partial charge in [-0.2, -0.15) is 5.26 Å². The number of hydrogen-bond donors (Lipinski definition) is 2. The van der Waals surface area contributed by atoms with Crippen molar-refractivity contribution in [3.05, 3.63) is 59.2 Å². The van der Waals surface area contributed by atoms with Crippen LogP contribution in [0.25, 0.3) is 0 Å². The third-order valence-electron chi connectivity index (χ3n) is 2.77. The quantitative estimate of drug-likeness (QED) is 0.825. The number of nitrogens with two attached hydrogens (primary N) is 2. The van der Waals surface area contributed by atoms with Crippen molar-refractivity contribution in [2.45, 2.75) is 6.61 Å². The molecule has 0 aliphatic rings. The van der Waals surface area contributed by atoms with Crippen LogP contribution >= 0.6 is 0 Å². The molecule has 0 aliphatic carbocycles. The van der Waals surface area contributed by atoms with Crippen molar-refractivity contribution in [3.8, 4) is 11.8 Å². The molecule has 100 valence electrons. The lowest BCUT2D eigenvalue weighted by molar-refractivity contribution is 0.1000. The molecule has 2 rings (SSSR count). The summed E-state index contributed by atoms with van der Waals surface area (Å²) < 4.78 is 5.57. The Kier molecular flexibility index (Phi) is 3.87. The summed E-state index contributed by atoms with van der Waals surface area (Å²) in [6.45, 7) is 0.315. The average Bonchev–Trinajstić information content (AvgIpc) is 2.46. The number of hydrogen-bond acceptors (Lipinski definition) is 4. The number of rotatable bonds is 4. The number of ether oxygens (including phenoxy) is 1. The Labute approximate surface area is 116 Å². The molecule has 1 amide bonds. The van der Waals surface area contributed by atoms with Crippen LogP contribution in [0.15, 0.2) is 42.5 Å². The molecule has 0 atom stereocenters. The first-order chi connectivity index (χ1) is 9.60. The largest absolute Gasteiger partial charge is 0.487 e. The van der Waals surface area contributed by atoms with Gasteiger partial charge in [0, 0.05) is 5.56 Å². The maximum atomic E-state index is 10.9. The first-order valence-corrected chi connectivity index (χ1v) is 5.91. The third-order valence-corrected chi connectivity index (χ3v) is 2.77. The Balaban J connectivity index is 2.05. The van der Waals surface area contributed by atoms with Gasteiger partial charge in [0.25, 0.3) is 0 Å². The van der Waals surface area contributed by atoms with E-state index in [-0.39, 0.29) is 0 Å². The fourth-order valence-corrected chi connectivity index (χ4v) is 1.68. The van der Waals surface area contributed by atoms with Gasteiger partial charge in [-0.1, -0.05) is 12.1 Å². The molecular weight excluding hydrogens is 254 g/mol. The van der Waals surface area contributed by atoms with E-state index in [1.807, 2.05) is 6.07 Å². The van der Waals surface area contributed by atoms with E-state index >= 15 is 0 Å². The van der Waals surface area contributed by atoms with E-state index in [2.05, 4.69) is 0 Å². The lowest BCUT2D eigenvalue weighted by atomic mass is 10.1. The average molecular weight is 267 g/mol. The van der Waals surface area contributed by atoms with Crippen LogP contribution in [0.1, 0.15) is 21.5 Å². The van der Waals surface area contributed by atoms with E-state index in [1.54, 1.807) is 42.5 Å². The van der Waals surface area contributed by atoms with Gasteiger partial charge in [0.1, 0.15) is 12.4 Å². The second-order valence-corrected chi connectivity index (χ2v) is 4.21. The normalized spacial score (nSPS) is 9.75. The number of amides is 1. The highest BCUT2D eigenvalue weighted by atomic mass is 16.5. The SMILES string of the molecule is N#Cc1ccc(OCc2ccc(C(N)=O)cc2)c(N)c1. The van der Waals surface area contributed by atoms with E-state index < -0.39 is 5.91 Å². The Morgan fingerprint density at radius 3 is 2.45 bits per heavy atom. The summed E-state index contributed by atoms with van der Waals surface area (Å²) in [7, 11) is 0. The zero-order chi connectivity index (χ0) is 14.5. The Hall–Kier alpha value is -3.00. The van der Waals surface area contributed by atoms with Gasteiger partial charge in [0.05, 0.1) is 17.3 Å². The first kappa shape index (κ1) is 13.4. The molecule has 2 aromatic rings. The number of nitriles is 1. The van der Waals surface area contributed by atoms with Crippen LogP contribution < -0.4 is 16.2 Å². The van der Waals surface area contributed by atoms with Gasteiger partial charge in [-0.05, 0) is 35.9 Å². The summed E-state index contributed by atoms with van der Waals surface area (Å²) in [5, 5.41) is 8.75. The number of nitrogens with zero attached hydrogens (tertiary/aromatic N) is 1. The zero-order valence-electron chi connectivity index (χ0n) is 10.7. The number of carbonyl (C=O) groups is 1. The summed E-state index contributed by atoms with van der Waals surface area (Å²) >= 11 is 0. The highest BCUT2D eigenvalue weighted by Crippen LogP contribution is 2.23. The Morgan fingerprint density at radius 1 is 1.20 bits per heavy atom. The smallest absolute Gasteiger partial charge is 0.248 e. The molecule has 0 heterocycles. The molecule has 2 aromatic carbocycles. The topological polar surface area (TPSA) is 102 Å². The summed E-state index contributed by atoms with van der Waals surface area (Å²) in [5.74, 6) is 0.0526. The van der Waals surface area contributed by atoms with E-state index in [0.29, 0.717) is 29.2 Å². The Bertz CT molecular complexity index is 673. The summed E-state index contributed by atoms with van der Waals surface area (Å²) in [4.78, 5) is 10.9. The molecule has 4 N–H and O–H groups in total. The minimum atomic E-state index is -0.464. The van der Waals surface area contributed by atoms with Crippen LogP contribution in [0, 0.1) is 11.3 Å². The molecule has 5 heteroatoms. The highest BCUT2D eigenvalue weighted by Gasteiger charge is 2.04. The second kappa shape index (κ2) is 5.76. The van der Waals surface area contributed by atoms with E-state index in [0.717, 1.165) is 5.56 Å². The van der Waals surface area contributed by atoms with Gasteiger partial charge >= 0.3 is 0 Å². The molecule has 0 saturated heterocycles.